The maximum absolute atomic E-state index is 12.2. The fraction of sp³-hybridized carbons (Fsp3) is 0.923. The van der Waals surface area contributed by atoms with Gasteiger partial charge in [0.05, 0.1) is 0 Å². The summed E-state index contributed by atoms with van der Waals surface area (Å²) in [4.78, 5) is 14.3. The van der Waals surface area contributed by atoms with E-state index in [-0.39, 0.29) is 0 Å². The number of amides is 1. The average Bonchev–Trinajstić information content (AvgIpc) is 2.17. The lowest BCUT2D eigenvalue weighted by molar-refractivity contribution is -0.137. The van der Waals surface area contributed by atoms with Gasteiger partial charge in [0.25, 0.3) is 0 Å². The second kappa shape index (κ2) is 6.24. The molecule has 1 N–H and O–H groups in total. The third-order valence-electron chi connectivity index (χ3n) is 3.51. The molecule has 0 aliphatic carbocycles. The fourth-order valence-corrected chi connectivity index (χ4v) is 2.70. The summed E-state index contributed by atoms with van der Waals surface area (Å²) in [5, 5.41) is 3.30. The lowest BCUT2D eigenvalue weighted by Crippen LogP contribution is -2.49. The highest BCUT2D eigenvalue weighted by molar-refractivity contribution is 5.77. The van der Waals surface area contributed by atoms with Gasteiger partial charge in [0.1, 0.15) is 0 Å². The lowest BCUT2D eigenvalue weighted by Gasteiger charge is -2.39. The normalized spacial score (nSPS) is 27.9. The zero-order valence-corrected chi connectivity index (χ0v) is 11.1. The number of carbonyl (C=O) groups is 1. The number of nitrogens with one attached hydrogen (secondary N) is 1. The predicted octanol–water partition coefficient (Wildman–Crippen LogP) is 2.16. The van der Waals surface area contributed by atoms with Crippen molar-refractivity contribution < 1.29 is 4.79 Å². The van der Waals surface area contributed by atoms with Crippen LogP contribution in [0.25, 0.3) is 0 Å². The Bertz CT molecular complexity index is 220. The maximum atomic E-state index is 12.2. The Morgan fingerprint density at radius 1 is 1.38 bits per heavy atom. The molecule has 3 nitrogen and oxygen atoms in total. The van der Waals surface area contributed by atoms with Crippen LogP contribution in [0, 0.1) is 0 Å². The highest BCUT2D eigenvalue weighted by atomic mass is 16.2. The monoisotopic (exact) mass is 226 g/mol. The number of piperidine rings is 1. The van der Waals surface area contributed by atoms with E-state index in [2.05, 4.69) is 37.9 Å². The van der Waals surface area contributed by atoms with Gasteiger partial charge in [-0.25, -0.2) is 0 Å². The molecule has 1 saturated heterocycles. The first-order valence-electron chi connectivity index (χ1n) is 6.60. The highest BCUT2D eigenvalue weighted by Gasteiger charge is 2.29. The minimum absolute atomic E-state index is 0.291. The summed E-state index contributed by atoms with van der Waals surface area (Å²) in [5.74, 6) is 0.313. The van der Waals surface area contributed by atoms with Gasteiger partial charge >= 0.3 is 0 Å². The molecule has 0 bridgehead atoms. The molecule has 0 aromatic carbocycles. The molecule has 1 fully saturated rings. The van der Waals surface area contributed by atoms with E-state index in [1.165, 1.54) is 6.42 Å². The van der Waals surface area contributed by atoms with Crippen LogP contribution in [0.2, 0.25) is 0 Å². The minimum Gasteiger partial charge on any atom is -0.337 e. The SMILES string of the molecule is CCNC(C)CC(=O)N1[C@H](C)CCC[C@@H]1C. The highest BCUT2D eigenvalue weighted by Crippen LogP contribution is 2.23. The van der Waals surface area contributed by atoms with E-state index < -0.39 is 0 Å². The van der Waals surface area contributed by atoms with Gasteiger partial charge in [0, 0.05) is 24.5 Å². The standard InChI is InChI=1S/C13H26N2O/c1-5-14-10(2)9-13(16)15-11(3)7-6-8-12(15)4/h10-12,14H,5-9H2,1-4H3/t10?,11-,12+. The minimum atomic E-state index is 0.291. The fourth-order valence-electron chi connectivity index (χ4n) is 2.70. The number of carbonyl (C=O) groups excluding carboxylic acids is 1. The Morgan fingerprint density at radius 2 is 1.94 bits per heavy atom. The van der Waals surface area contributed by atoms with E-state index in [0.29, 0.717) is 30.5 Å². The molecule has 94 valence electrons. The molecule has 0 saturated carbocycles. The van der Waals surface area contributed by atoms with Gasteiger partial charge < -0.3 is 10.2 Å². The van der Waals surface area contributed by atoms with Crippen molar-refractivity contribution in [2.45, 2.75) is 71.5 Å². The average molecular weight is 226 g/mol. The van der Waals surface area contributed by atoms with Crippen molar-refractivity contribution in [2.75, 3.05) is 6.54 Å². The van der Waals surface area contributed by atoms with Gasteiger partial charge in [-0.1, -0.05) is 6.92 Å². The van der Waals surface area contributed by atoms with E-state index in [0.717, 1.165) is 19.4 Å². The number of nitrogens with zero attached hydrogens (tertiary/aromatic N) is 1. The number of rotatable bonds is 4. The van der Waals surface area contributed by atoms with E-state index in [1.54, 1.807) is 0 Å². The topological polar surface area (TPSA) is 32.3 Å². The zero-order valence-electron chi connectivity index (χ0n) is 11.1. The van der Waals surface area contributed by atoms with Crippen molar-refractivity contribution in [2.24, 2.45) is 0 Å². The molecule has 16 heavy (non-hydrogen) atoms. The van der Waals surface area contributed by atoms with Gasteiger partial charge in [0.2, 0.25) is 5.91 Å². The molecule has 0 aromatic heterocycles. The Hall–Kier alpha value is -0.570. The molecule has 1 unspecified atom stereocenters. The maximum Gasteiger partial charge on any atom is 0.224 e. The van der Waals surface area contributed by atoms with E-state index in [9.17, 15) is 4.79 Å². The zero-order chi connectivity index (χ0) is 12.1. The number of likely N-dealkylation sites (tertiary alicyclic amines) is 1. The summed E-state index contributed by atoms with van der Waals surface area (Å²) in [6.07, 6.45) is 4.20. The Kier molecular flexibility index (Phi) is 5.26. The van der Waals surface area contributed by atoms with E-state index in [1.807, 2.05) is 0 Å². The second-order valence-electron chi connectivity index (χ2n) is 5.09. The smallest absolute Gasteiger partial charge is 0.224 e. The molecule has 1 amide bonds. The molecule has 0 aromatic rings. The largest absolute Gasteiger partial charge is 0.337 e. The third kappa shape index (κ3) is 3.48. The second-order valence-corrected chi connectivity index (χ2v) is 5.09. The number of hydrogen-bond acceptors (Lipinski definition) is 2. The van der Waals surface area contributed by atoms with Crippen LogP contribution in [0.15, 0.2) is 0 Å². The molecule has 1 rings (SSSR count). The predicted molar refractivity (Wildman–Crippen MR) is 67.4 cm³/mol. The molecule has 1 heterocycles. The van der Waals surface area contributed by atoms with Crippen molar-refractivity contribution >= 4 is 5.91 Å². The Labute approximate surface area is 99.6 Å². The van der Waals surface area contributed by atoms with Crippen LogP contribution in [-0.4, -0.2) is 35.5 Å². The van der Waals surface area contributed by atoms with Crippen LogP contribution >= 0.6 is 0 Å². The van der Waals surface area contributed by atoms with Gasteiger partial charge in [-0.05, 0) is 46.6 Å². The number of hydrogen-bond donors (Lipinski definition) is 1. The molecular weight excluding hydrogens is 200 g/mol. The van der Waals surface area contributed by atoms with Crippen molar-refractivity contribution in [3.05, 3.63) is 0 Å². The quantitative estimate of drug-likeness (QED) is 0.796. The van der Waals surface area contributed by atoms with E-state index >= 15 is 0 Å². The van der Waals surface area contributed by atoms with Crippen LogP contribution < -0.4 is 5.32 Å². The van der Waals surface area contributed by atoms with Gasteiger partial charge in [0.15, 0.2) is 0 Å². The van der Waals surface area contributed by atoms with Crippen LogP contribution in [0.3, 0.4) is 0 Å². The van der Waals surface area contributed by atoms with Gasteiger partial charge in [-0.3, -0.25) is 4.79 Å². The van der Waals surface area contributed by atoms with Crippen molar-refractivity contribution in [3.63, 3.8) is 0 Å². The summed E-state index contributed by atoms with van der Waals surface area (Å²) in [5.41, 5.74) is 0. The first-order valence-corrected chi connectivity index (χ1v) is 6.60. The van der Waals surface area contributed by atoms with Crippen LogP contribution in [0.4, 0.5) is 0 Å². The first kappa shape index (κ1) is 13.5. The molecule has 0 radical (unpaired) electrons. The summed E-state index contributed by atoms with van der Waals surface area (Å²) >= 11 is 0. The van der Waals surface area contributed by atoms with Crippen LogP contribution in [0.1, 0.15) is 53.4 Å². The summed E-state index contributed by atoms with van der Waals surface area (Å²) < 4.78 is 0. The lowest BCUT2D eigenvalue weighted by atomic mass is 9.96. The summed E-state index contributed by atoms with van der Waals surface area (Å²) in [6, 6.07) is 1.13. The third-order valence-corrected chi connectivity index (χ3v) is 3.51. The van der Waals surface area contributed by atoms with Crippen LogP contribution in [0.5, 0.6) is 0 Å². The van der Waals surface area contributed by atoms with E-state index in [4.69, 9.17) is 0 Å². The van der Waals surface area contributed by atoms with Crippen molar-refractivity contribution in [1.29, 1.82) is 0 Å². The summed E-state index contributed by atoms with van der Waals surface area (Å²) in [6.45, 7) is 9.43. The molecule has 3 atom stereocenters. The molecular formula is C13H26N2O. The molecule has 0 spiro atoms. The molecule has 1 aliphatic rings. The Balaban J connectivity index is 2.50. The molecule has 3 heteroatoms. The van der Waals surface area contributed by atoms with Gasteiger partial charge in [-0.2, -0.15) is 0 Å². The van der Waals surface area contributed by atoms with Crippen molar-refractivity contribution in [3.8, 4) is 0 Å². The van der Waals surface area contributed by atoms with Crippen LogP contribution in [-0.2, 0) is 4.79 Å². The summed E-state index contributed by atoms with van der Waals surface area (Å²) in [7, 11) is 0. The Morgan fingerprint density at radius 3 is 2.44 bits per heavy atom. The molecule has 1 aliphatic heterocycles. The van der Waals surface area contributed by atoms with Crippen molar-refractivity contribution in [1.82, 2.24) is 10.2 Å². The first-order chi connectivity index (χ1) is 7.56. The van der Waals surface area contributed by atoms with Gasteiger partial charge in [-0.15, -0.1) is 0 Å².